The molecule has 2 aromatic heterocycles. The molecule has 0 saturated carbocycles. The van der Waals surface area contributed by atoms with Crippen LogP contribution < -0.4 is 10.6 Å². The first-order valence-corrected chi connectivity index (χ1v) is 9.11. The Morgan fingerprint density at radius 2 is 2.12 bits per heavy atom. The zero-order chi connectivity index (χ0) is 16.5. The average molecular weight is 461 g/mol. The summed E-state index contributed by atoms with van der Waals surface area (Å²) in [6.45, 7) is 9.85. The minimum absolute atomic E-state index is 0. The second-order valence-electron chi connectivity index (χ2n) is 5.52. The van der Waals surface area contributed by atoms with E-state index in [0.717, 1.165) is 50.8 Å². The maximum atomic E-state index is 4.67. The monoisotopic (exact) mass is 461 g/mol. The number of thiophene rings is 1. The minimum atomic E-state index is 0. The fourth-order valence-corrected chi connectivity index (χ4v) is 3.14. The summed E-state index contributed by atoms with van der Waals surface area (Å²) in [5.74, 6) is 1.98. The Kier molecular flexibility index (Phi) is 10.0. The zero-order valence-corrected chi connectivity index (χ0v) is 17.9. The van der Waals surface area contributed by atoms with E-state index in [-0.39, 0.29) is 24.0 Å². The number of aromatic nitrogens is 2. The highest BCUT2D eigenvalue weighted by molar-refractivity contribution is 14.0. The number of aryl methyl sites for hydroxylation is 3. The van der Waals surface area contributed by atoms with Gasteiger partial charge in [0.2, 0.25) is 0 Å². The molecular weight excluding hydrogens is 433 g/mol. The molecule has 0 fully saturated rings. The van der Waals surface area contributed by atoms with Crippen LogP contribution >= 0.6 is 35.3 Å². The van der Waals surface area contributed by atoms with Gasteiger partial charge in [0, 0.05) is 36.9 Å². The number of nitrogens with one attached hydrogen (secondary N) is 2. The molecule has 2 heterocycles. The first-order chi connectivity index (χ1) is 11.2. The summed E-state index contributed by atoms with van der Waals surface area (Å²) in [5, 5.41) is 8.85. The lowest BCUT2D eigenvalue weighted by atomic mass is 10.3. The molecule has 0 saturated heterocycles. The minimum Gasteiger partial charge on any atom is -0.357 e. The van der Waals surface area contributed by atoms with Gasteiger partial charge in [0.15, 0.2) is 5.96 Å². The molecule has 0 spiro atoms. The summed E-state index contributed by atoms with van der Waals surface area (Å²) in [7, 11) is 0. The molecule has 2 N–H and O–H groups in total. The number of aliphatic imine (C=N–C) groups is 1. The van der Waals surface area contributed by atoms with E-state index in [0.29, 0.717) is 0 Å². The van der Waals surface area contributed by atoms with E-state index in [9.17, 15) is 0 Å². The highest BCUT2D eigenvalue weighted by atomic mass is 127. The maximum absolute atomic E-state index is 4.67. The van der Waals surface area contributed by atoms with Crippen LogP contribution in [-0.4, -0.2) is 28.6 Å². The van der Waals surface area contributed by atoms with E-state index in [1.165, 1.54) is 10.4 Å². The van der Waals surface area contributed by atoms with Crippen molar-refractivity contribution in [3.05, 3.63) is 40.1 Å². The van der Waals surface area contributed by atoms with Gasteiger partial charge in [0.25, 0.3) is 0 Å². The van der Waals surface area contributed by atoms with Crippen molar-refractivity contribution < 1.29 is 0 Å². The van der Waals surface area contributed by atoms with Crippen molar-refractivity contribution in [3.8, 4) is 0 Å². The SMILES string of the molecule is CCNC(=NCc1sccc1C)NCCCCn1ccnc1C.I. The summed E-state index contributed by atoms with van der Waals surface area (Å²) in [4.78, 5) is 10.2. The number of imidazole rings is 1. The van der Waals surface area contributed by atoms with Crippen LogP contribution in [0.3, 0.4) is 0 Å². The third-order valence-electron chi connectivity index (χ3n) is 3.74. The predicted octanol–water partition coefficient (Wildman–Crippen LogP) is 3.71. The molecule has 2 rings (SSSR count). The molecule has 0 radical (unpaired) electrons. The van der Waals surface area contributed by atoms with E-state index in [1.807, 2.05) is 19.3 Å². The molecule has 0 bridgehead atoms. The van der Waals surface area contributed by atoms with Crippen LogP contribution in [0.5, 0.6) is 0 Å². The molecule has 7 heteroatoms. The quantitative estimate of drug-likeness (QED) is 0.273. The van der Waals surface area contributed by atoms with Gasteiger partial charge in [-0.15, -0.1) is 35.3 Å². The Hall–Kier alpha value is -1.09. The fraction of sp³-hybridized carbons (Fsp3) is 0.529. The van der Waals surface area contributed by atoms with E-state index in [2.05, 4.69) is 50.5 Å². The van der Waals surface area contributed by atoms with E-state index in [1.54, 1.807) is 11.3 Å². The van der Waals surface area contributed by atoms with Gasteiger partial charge in [-0.3, -0.25) is 0 Å². The molecule has 2 aromatic rings. The van der Waals surface area contributed by atoms with Crippen molar-refractivity contribution in [1.82, 2.24) is 20.2 Å². The molecule has 0 aliphatic heterocycles. The van der Waals surface area contributed by atoms with E-state index >= 15 is 0 Å². The number of hydrogen-bond acceptors (Lipinski definition) is 3. The van der Waals surface area contributed by atoms with Crippen LogP contribution in [0, 0.1) is 13.8 Å². The van der Waals surface area contributed by atoms with Gasteiger partial charge in [0.1, 0.15) is 5.82 Å². The van der Waals surface area contributed by atoms with Gasteiger partial charge in [0.05, 0.1) is 6.54 Å². The lowest BCUT2D eigenvalue weighted by Crippen LogP contribution is -2.37. The Bertz CT molecular complexity index is 620. The van der Waals surface area contributed by atoms with Gasteiger partial charge in [-0.2, -0.15) is 0 Å². The lowest BCUT2D eigenvalue weighted by molar-refractivity contribution is 0.588. The molecule has 0 amide bonds. The smallest absolute Gasteiger partial charge is 0.191 e. The Balaban J connectivity index is 0.00000288. The molecular formula is C17H28IN5S. The molecule has 134 valence electrons. The number of unbranched alkanes of at least 4 members (excludes halogenated alkanes) is 1. The second-order valence-corrected chi connectivity index (χ2v) is 6.52. The summed E-state index contributed by atoms with van der Waals surface area (Å²) in [6.07, 6.45) is 6.14. The number of guanidine groups is 1. The van der Waals surface area contributed by atoms with Gasteiger partial charge in [-0.1, -0.05) is 0 Å². The van der Waals surface area contributed by atoms with Gasteiger partial charge in [-0.25, -0.2) is 9.98 Å². The van der Waals surface area contributed by atoms with E-state index < -0.39 is 0 Å². The molecule has 0 aromatic carbocycles. The van der Waals surface area contributed by atoms with Gasteiger partial charge >= 0.3 is 0 Å². The lowest BCUT2D eigenvalue weighted by Gasteiger charge is -2.11. The standard InChI is InChI=1S/C17H27N5S.HI/c1-4-18-17(21-13-16-14(2)7-12-23-16)20-8-5-6-10-22-11-9-19-15(22)3;/h7,9,11-12H,4-6,8,10,13H2,1-3H3,(H2,18,20,21);1H. The van der Waals surface area contributed by atoms with E-state index in [4.69, 9.17) is 0 Å². The first kappa shape index (κ1) is 21.0. The second kappa shape index (κ2) is 11.5. The molecule has 0 aliphatic carbocycles. The summed E-state index contributed by atoms with van der Waals surface area (Å²) < 4.78 is 2.19. The average Bonchev–Trinajstić information content (AvgIpc) is 3.13. The van der Waals surface area contributed by atoms with Crippen LogP contribution in [0.25, 0.3) is 0 Å². The summed E-state index contributed by atoms with van der Waals surface area (Å²) >= 11 is 1.77. The highest BCUT2D eigenvalue weighted by Crippen LogP contribution is 2.16. The number of nitrogens with zero attached hydrogens (tertiary/aromatic N) is 3. The van der Waals surface area contributed by atoms with Crippen LogP contribution in [0.2, 0.25) is 0 Å². The van der Waals surface area contributed by atoms with Crippen molar-refractivity contribution in [2.24, 2.45) is 4.99 Å². The normalized spacial score (nSPS) is 11.2. The van der Waals surface area contributed by atoms with Crippen molar-refractivity contribution >= 4 is 41.3 Å². The van der Waals surface area contributed by atoms with Crippen LogP contribution in [-0.2, 0) is 13.1 Å². The topological polar surface area (TPSA) is 54.2 Å². The molecule has 0 aliphatic rings. The highest BCUT2D eigenvalue weighted by Gasteiger charge is 2.01. The molecule has 24 heavy (non-hydrogen) atoms. The Labute approximate surface area is 166 Å². The summed E-state index contributed by atoms with van der Waals surface area (Å²) in [5.41, 5.74) is 1.32. The Morgan fingerprint density at radius 1 is 1.29 bits per heavy atom. The van der Waals surface area contributed by atoms with Crippen molar-refractivity contribution in [3.63, 3.8) is 0 Å². The summed E-state index contributed by atoms with van der Waals surface area (Å²) in [6, 6.07) is 2.15. The Morgan fingerprint density at radius 3 is 2.75 bits per heavy atom. The molecule has 0 unspecified atom stereocenters. The fourth-order valence-electron chi connectivity index (χ4n) is 2.31. The molecule has 0 atom stereocenters. The zero-order valence-electron chi connectivity index (χ0n) is 14.7. The number of rotatable bonds is 8. The largest absolute Gasteiger partial charge is 0.357 e. The van der Waals surface area contributed by atoms with Crippen molar-refractivity contribution in [2.75, 3.05) is 13.1 Å². The third-order valence-corrected chi connectivity index (χ3v) is 4.74. The third kappa shape index (κ3) is 6.80. The van der Waals surface area contributed by atoms with Crippen molar-refractivity contribution in [2.45, 2.75) is 46.7 Å². The van der Waals surface area contributed by atoms with Gasteiger partial charge < -0.3 is 15.2 Å². The predicted molar refractivity (Wildman–Crippen MR) is 113 cm³/mol. The molecule has 5 nitrogen and oxygen atoms in total. The van der Waals surface area contributed by atoms with Crippen molar-refractivity contribution in [1.29, 1.82) is 0 Å². The van der Waals surface area contributed by atoms with Crippen LogP contribution in [0.4, 0.5) is 0 Å². The van der Waals surface area contributed by atoms with Gasteiger partial charge in [-0.05, 0) is 50.6 Å². The van der Waals surface area contributed by atoms with Crippen LogP contribution in [0.1, 0.15) is 36.0 Å². The first-order valence-electron chi connectivity index (χ1n) is 8.23. The maximum Gasteiger partial charge on any atom is 0.191 e. The number of halogens is 1. The van der Waals surface area contributed by atoms with Crippen LogP contribution in [0.15, 0.2) is 28.8 Å². The number of hydrogen-bond donors (Lipinski definition) is 2.